The number of esters is 1. The summed E-state index contributed by atoms with van der Waals surface area (Å²) in [6, 6.07) is 4.65. The highest BCUT2D eigenvalue weighted by Crippen LogP contribution is 2.20. The second-order valence-corrected chi connectivity index (χ2v) is 4.08. The summed E-state index contributed by atoms with van der Waals surface area (Å²) in [5, 5.41) is 4.22. The van der Waals surface area contributed by atoms with Gasteiger partial charge in [0, 0.05) is 20.3 Å². The Labute approximate surface area is 109 Å². The quantitative estimate of drug-likeness (QED) is 0.613. The Bertz CT molecular complexity index is 595. The molecule has 0 N–H and O–H groups in total. The zero-order chi connectivity index (χ0) is 13.8. The summed E-state index contributed by atoms with van der Waals surface area (Å²) in [7, 11) is 2.92. The zero-order valence-electron chi connectivity index (χ0n) is 10.9. The fourth-order valence-electron chi connectivity index (χ4n) is 1.91. The molecule has 0 amide bonds. The number of fused-ring (bicyclic) bond motifs is 1. The van der Waals surface area contributed by atoms with Gasteiger partial charge < -0.3 is 9.47 Å². The molecule has 0 aliphatic rings. The SMILES string of the molecule is COCCCn1nc(F)c2ccc(C(=O)OC)cc21. The van der Waals surface area contributed by atoms with E-state index in [4.69, 9.17) is 4.74 Å². The lowest BCUT2D eigenvalue weighted by Crippen LogP contribution is -2.05. The summed E-state index contributed by atoms with van der Waals surface area (Å²) in [6.45, 7) is 1.10. The molecule has 0 fully saturated rings. The summed E-state index contributed by atoms with van der Waals surface area (Å²) in [5.41, 5.74) is 0.958. The molecule has 5 nitrogen and oxygen atoms in total. The van der Waals surface area contributed by atoms with E-state index in [1.165, 1.54) is 23.9 Å². The van der Waals surface area contributed by atoms with Crippen LogP contribution >= 0.6 is 0 Å². The average Bonchev–Trinajstić information content (AvgIpc) is 2.74. The molecule has 1 aromatic carbocycles. The van der Waals surface area contributed by atoms with Gasteiger partial charge in [-0.2, -0.15) is 4.39 Å². The lowest BCUT2D eigenvalue weighted by Gasteiger charge is -2.04. The number of carbonyl (C=O) groups is 1. The average molecular weight is 266 g/mol. The minimum Gasteiger partial charge on any atom is -0.465 e. The molecule has 0 radical (unpaired) electrons. The molecule has 6 heteroatoms. The third-order valence-electron chi connectivity index (χ3n) is 2.85. The number of ether oxygens (including phenoxy) is 2. The van der Waals surface area contributed by atoms with Crippen LogP contribution in [0.3, 0.4) is 0 Å². The van der Waals surface area contributed by atoms with Gasteiger partial charge in [-0.1, -0.05) is 0 Å². The smallest absolute Gasteiger partial charge is 0.337 e. The number of rotatable bonds is 5. The number of methoxy groups -OCH3 is 2. The second-order valence-electron chi connectivity index (χ2n) is 4.08. The van der Waals surface area contributed by atoms with Gasteiger partial charge in [-0.05, 0) is 24.6 Å². The third-order valence-corrected chi connectivity index (χ3v) is 2.85. The number of carbonyl (C=O) groups excluding carboxylic acids is 1. The standard InChI is InChI=1S/C13H15FN2O3/c1-18-7-3-6-16-11-8-9(13(17)19-2)4-5-10(11)12(14)15-16/h4-5,8H,3,6-7H2,1-2H3. The van der Waals surface area contributed by atoms with Gasteiger partial charge in [-0.15, -0.1) is 5.10 Å². The Hall–Kier alpha value is -1.95. The summed E-state index contributed by atoms with van der Waals surface area (Å²) in [5.74, 6) is -0.990. The van der Waals surface area contributed by atoms with Crippen LogP contribution in [0, 0.1) is 5.95 Å². The number of aryl methyl sites for hydroxylation is 1. The molecule has 2 rings (SSSR count). The molecule has 1 aromatic heterocycles. The fraction of sp³-hybridized carbons (Fsp3) is 0.385. The Morgan fingerprint density at radius 1 is 1.42 bits per heavy atom. The van der Waals surface area contributed by atoms with Crippen molar-refractivity contribution in [1.82, 2.24) is 9.78 Å². The van der Waals surface area contributed by atoms with Gasteiger partial charge in [0.1, 0.15) is 0 Å². The highest BCUT2D eigenvalue weighted by atomic mass is 19.1. The summed E-state index contributed by atoms with van der Waals surface area (Å²) in [6.07, 6.45) is 0.717. The fourth-order valence-corrected chi connectivity index (χ4v) is 1.91. The Balaban J connectivity index is 2.37. The van der Waals surface area contributed by atoms with Gasteiger partial charge in [-0.3, -0.25) is 4.68 Å². The minimum absolute atomic E-state index is 0.378. The van der Waals surface area contributed by atoms with Gasteiger partial charge in [0.05, 0.1) is 23.6 Å². The number of nitrogens with zero attached hydrogens (tertiary/aromatic N) is 2. The summed E-state index contributed by atoms with van der Waals surface area (Å²) >= 11 is 0. The summed E-state index contributed by atoms with van der Waals surface area (Å²) < 4.78 is 24.8. The van der Waals surface area contributed by atoms with Crippen molar-refractivity contribution in [2.24, 2.45) is 0 Å². The van der Waals surface area contributed by atoms with Gasteiger partial charge >= 0.3 is 5.97 Å². The third kappa shape index (κ3) is 2.73. The second kappa shape index (κ2) is 5.79. The van der Waals surface area contributed by atoms with E-state index in [0.29, 0.717) is 29.6 Å². The number of halogens is 1. The van der Waals surface area contributed by atoms with Crippen molar-refractivity contribution in [2.75, 3.05) is 20.8 Å². The molecule has 0 aliphatic heterocycles. The molecule has 0 aliphatic carbocycles. The first-order valence-corrected chi connectivity index (χ1v) is 5.90. The van der Waals surface area contributed by atoms with Crippen LogP contribution in [0.25, 0.3) is 10.9 Å². The minimum atomic E-state index is -0.538. The molecule has 0 saturated carbocycles. The van der Waals surface area contributed by atoms with Crippen molar-refractivity contribution in [3.63, 3.8) is 0 Å². The molecule has 0 saturated heterocycles. The number of benzene rings is 1. The maximum Gasteiger partial charge on any atom is 0.337 e. The van der Waals surface area contributed by atoms with Crippen molar-refractivity contribution >= 4 is 16.9 Å². The van der Waals surface area contributed by atoms with Gasteiger partial charge in [0.15, 0.2) is 0 Å². The van der Waals surface area contributed by atoms with Crippen LogP contribution in [-0.2, 0) is 16.0 Å². The van der Waals surface area contributed by atoms with E-state index in [1.54, 1.807) is 13.2 Å². The van der Waals surface area contributed by atoms with Gasteiger partial charge in [0.2, 0.25) is 5.95 Å². The maximum absolute atomic E-state index is 13.7. The van der Waals surface area contributed by atoms with Crippen molar-refractivity contribution in [3.8, 4) is 0 Å². The number of hydrogen-bond acceptors (Lipinski definition) is 4. The molecule has 19 heavy (non-hydrogen) atoms. The molecule has 2 aromatic rings. The Morgan fingerprint density at radius 3 is 2.89 bits per heavy atom. The van der Waals surface area contributed by atoms with E-state index < -0.39 is 11.9 Å². The van der Waals surface area contributed by atoms with E-state index in [9.17, 15) is 9.18 Å². The van der Waals surface area contributed by atoms with E-state index in [2.05, 4.69) is 9.84 Å². The molecule has 1 heterocycles. The summed E-state index contributed by atoms with van der Waals surface area (Å²) in [4.78, 5) is 11.5. The molecule has 102 valence electrons. The van der Waals surface area contributed by atoms with E-state index in [1.807, 2.05) is 0 Å². The van der Waals surface area contributed by atoms with Crippen molar-refractivity contribution in [2.45, 2.75) is 13.0 Å². The predicted octanol–water partition coefficient (Wildman–Crippen LogP) is 2.00. The zero-order valence-corrected chi connectivity index (χ0v) is 10.9. The van der Waals surface area contributed by atoms with Gasteiger partial charge in [-0.25, -0.2) is 4.79 Å². The molecule has 0 atom stereocenters. The van der Waals surface area contributed by atoms with E-state index in [0.717, 1.165) is 6.42 Å². The molecular weight excluding hydrogens is 251 g/mol. The van der Waals surface area contributed by atoms with E-state index in [-0.39, 0.29) is 0 Å². The predicted molar refractivity (Wildman–Crippen MR) is 67.5 cm³/mol. The molecular formula is C13H15FN2O3. The molecule has 0 unspecified atom stereocenters. The van der Waals surface area contributed by atoms with Crippen LogP contribution in [0.2, 0.25) is 0 Å². The lowest BCUT2D eigenvalue weighted by molar-refractivity contribution is 0.0601. The first kappa shape index (κ1) is 13.5. The lowest BCUT2D eigenvalue weighted by atomic mass is 10.1. The highest BCUT2D eigenvalue weighted by Gasteiger charge is 2.13. The van der Waals surface area contributed by atoms with Gasteiger partial charge in [0.25, 0.3) is 0 Å². The van der Waals surface area contributed by atoms with Crippen molar-refractivity contribution in [3.05, 3.63) is 29.7 Å². The van der Waals surface area contributed by atoms with Crippen LogP contribution < -0.4 is 0 Å². The monoisotopic (exact) mass is 266 g/mol. The van der Waals surface area contributed by atoms with Crippen LogP contribution in [0.15, 0.2) is 18.2 Å². The normalized spacial score (nSPS) is 10.9. The maximum atomic E-state index is 13.7. The topological polar surface area (TPSA) is 53.4 Å². The largest absolute Gasteiger partial charge is 0.465 e. The first-order valence-electron chi connectivity index (χ1n) is 5.90. The van der Waals surface area contributed by atoms with Crippen molar-refractivity contribution in [1.29, 1.82) is 0 Å². The molecule has 0 spiro atoms. The first-order chi connectivity index (χ1) is 9.17. The molecule has 0 bridgehead atoms. The van der Waals surface area contributed by atoms with Crippen LogP contribution in [-0.4, -0.2) is 36.6 Å². The Kier molecular flexibility index (Phi) is 4.11. The Morgan fingerprint density at radius 2 is 2.21 bits per heavy atom. The van der Waals surface area contributed by atoms with Crippen LogP contribution in [0.1, 0.15) is 16.8 Å². The van der Waals surface area contributed by atoms with Crippen LogP contribution in [0.5, 0.6) is 0 Å². The van der Waals surface area contributed by atoms with Crippen molar-refractivity contribution < 1.29 is 18.7 Å². The number of hydrogen-bond donors (Lipinski definition) is 0. The highest BCUT2D eigenvalue weighted by molar-refractivity contribution is 5.94. The van der Waals surface area contributed by atoms with Crippen LogP contribution in [0.4, 0.5) is 4.39 Å². The van der Waals surface area contributed by atoms with E-state index >= 15 is 0 Å². The number of aromatic nitrogens is 2.